The molecule has 92 valence electrons. The molecule has 0 aliphatic carbocycles. The zero-order valence-corrected chi connectivity index (χ0v) is 10.4. The molecule has 5 heteroatoms. The van der Waals surface area contributed by atoms with E-state index in [-0.39, 0.29) is 5.91 Å². The number of aromatic nitrogens is 1. The van der Waals surface area contributed by atoms with Crippen LogP contribution in [0.4, 0.5) is 0 Å². The Bertz CT molecular complexity index is 525. The van der Waals surface area contributed by atoms with Crippen LogP contribution in [0.5, 0.6) is 0 Å². The summed E-state index contributed by atoms with van der Waals surface area (Å²) in [5.74, 6) is -0.0687. The second-order valence-electron chi connectivity index (χ2n) is 4.32. The molecule has 0 unspecified atom stereocenters. The van der Waals surface area contributed by atoms with E-state index in [9.17, 15) is 4.79 Å². The zero-order chi connectivity index (χ0) is 12.4. The van der Waals surface area contributed by atoms with Crippen LogP contribution in [-0.4, -0.2) is 42.6 Å². The van der Waals surface area contributed by atoms with E-state index in [2.05, 4.69) is 5.32 Å². The van der Waals surface area contributed by atoms with Crippen LogP contribution in [0, 0.1) is 0 Å². The minimum Gasteiger partial charge on any atom is -0.463 e. The fourth-order valence-electron chi connectivity index (χ4n) is 1.75. The number of fused-ring (bicyclic) bond motifs is 1. The standard InChI is InChI=1S/C12H17N3O2/c1-14(2)6-5-13-12(16)10-8-11-9(15(10)3)4-7-17-11/h4,7-8H,5-6H2,1-3H3,(H,13,16). The van der Waals surface area contributed by atoms with Crippen molar-refractivity contribution < 1.29 is 9.21 Å². The molecule has 0 saturated carbocycles. The van der Waals surface area contributed by atoms with Gasteiger partial charge in [-0.15, -0.1) is 0 Å². The van der Waals surface area contributed by atoms with Gasteiger partial charge in [-0.25, -0.2) is 0 Å². The first kappa shape index (κ1) is 11.7. The first-order valence-electron chi connectivity index (χ1n) is 5.55. The molecule has 0 aliphatic heterocycles. The number of hydrogen-bond acceptors (Lipinski definition) is 3. The van der Waals surface area contributed by atoms with Crippen molar-refractivity contribution in [3.05, 3.63) is 24.1 Å². The lowest BCUT2D eigenvalue weighted by Gasteiger charge is -2.10. The number of carbonyl (C=O) groups excluding carboxylic acids is 1. The van der Waals surface area contributed by atoms with E-state index >= 15 is 0 Å². The number of nitrogens with zero attached hydrogens (tertiary/aromatic N) is 2. The Kier molecular flexibility index (Phi) is 3.19. The number of amides is 1. The van der Waals surface area contributed by atoms with Crippen LogP contribution in [0.1, 0.15) is 10.5 Å². The van der Waals surface area contributed by atoms with Crippen molar-refractivity contribution in [2.24, 2.45) is 7.05 Å². The van der Waals surface area contributed by atoms with Gasteiger partial charge in [0.1, 0.15) is 5.69 Å². The maximum atomic E-state index is 11.9. The van der Waals surface area contributed by atoms with Crippen molar-refractivity contribution in [3.63, 3.8) is 0 Å². The fraction of sp³-hybridized carbons (Fsp3) is 0.417. The average molecular weight is 235 g/mol. The summed E-state index contributed by atoms with van der Waals surface area (Å²) in [4.78, 5) is 13.9. The molecule has 0 fully saturated rings. The molecule has 5 nitrogen and oxygen atoms in total. The maximum Gasteiger partial charge on any atom is 0.268 e. The van der Waals surface area contributed by atoms with Crippen LogP contribution < -0.4 is 5.32 Å². The monoisotopic (exact) mass is 235 g/mol. The first-order chi connectivity index (χ1) is 8.09. The second-order valence-corrected chi connectivity index (χ2v) is 4.32. The van der Waals surface area contributed by atoms with Gasteiger partial charge >= 0.3 is 0 Å². The molecular formula is C12H17N3O2. The Hall–Kier alpha value is -1.75. The normalized spacial score (nSPS) is 11.3. The third kappa shape index (κ3) is 2.34. The third-order valence-electron chi connectivity index (χ3n) is 2.74. The minimum atomic E-state index is -0.0687. The molecule has 2 aromatic rings. The number of rotatable bonds is 4. The van der Waals surface area contributed by atoms with Crippen LogP contribution in [0.15, 0.2) is 22.8 Å². The van der Waals surface area contributed by atoms with Gasteiger partial charge in [-0.1, -0.05) is 0 Å². The van der Waals surface area contributed by atoms with E-state index in [1.165, 1.54) is 0 Å². The van der Waals surface area contributed by atoms with Crippen molar-refractivity contribution in [2.75, 3.05) is 27.2 Å². The molecule has 2 heterocycles. The summed E-state index contributed by atoms with van der Waals surface area (Å²) in [6, 6.07) is 3.62. The van der Waals surface area contributed by atoms with Gasteiger partial charge < -0.3 is 19.2 Å². The third-order valence-corrected chi connectivity index (χ3v) is 2.74. The van der Waals surface area contributed by atoms with Crippen molar-refractivity contribution in [2.45, 2.75) is 0 Å². The number of carbonyl (C=O) groups is 1. The van der Waals surface area contributed by atoms with Gasteiger partial charge in [0.05, 0.1) is 11.8 Å². The lowest BCUT2D eigenvalue weighted by molar-refractivity contribution is 0.0943. The minimum absolute atomic E-state index is 0.0687. The highest BCUT2D eigenvalue weighted by atomic mass is 16.3. The molecule has 0 aromatic carbocycles. The molecule has 0 aliphatic rings. The topological polar surface area (TPSA) is 50.4 Å². The summed E-state index contributed by atoms with van der Waals surface area (Å²) in [6.45, 7) is 1.46. The molecule has 0 bridgehead atoms. The lowest BCUT2D eigenvalue weighted by atomic mass is 10.4. The summed E-state index contributed by atoms with van der Waals surface area (Å²) in [5, 5.41) is 2.88. The Labute approximate surface area is 100.0 Å². The number of aryl methyl sites for hydroxylation is 1. The molecule has 1 N–H and O–H groups in total. The zero-order valence-electron chi connectivity index (χ0n) is 10.4. The van der Waals surface area contributed by atoms with E-state index < -0.39 is 0 Å². The molecular weight excluding hydrogens is 218 g/mol. The van der Waals surface area contributed by atoms with Gasteiger partial charge in [0.2, 0.25) is 0 Å². The number of hydrogen-bond donors (Lipinski definition) is 1. The summed E-state index contributed by atoms with van der Waals surface area (Å²) < 4.78 is 7.10. The van der Waals surface area contributed by atoms with E-state index in [4.69, 9.17) is 4.42 Å². The highest BCUT2D eigenvalue weighted by Gasteiger charge is 2.14. The van der Waals surface area contributed by atoms with Crippen LogP contribution >= 0.6 is 0 Å². The predicted octanol–water partition coefficient (Wildman–Crippen LogP) is 1.06. The van der Waals surface area contributed by atoms with Crippen molar-refractivity contribution in [3.8, 4) is 0 Å². The smallest absolute Gasteiger partial charge is 0.268 e. The first-order valence-corrected chi connectivity index (χ1v) is 5.55. The van der Waals surface area contributed by atoms with Crippen molar-refractivity contribution >= 4 is 17.0 Å². The van der Waals surface area contributed by atoms with E-state index in [1.54, 1.807) is 12.3 Å². The van der Waals surface area contributed by atoms with Crippen LogP contribution in [0.3, 0.4) is 0 Å². The molecule has 0 radical (unpaired) electrons. The van der Waals surface area contributed by atoms with Gasteiger partial charge in [0.25, 0.3) is 5.91 Å². The molecule has 2 aromatic heterocycles. The number of furan rings is 1. The molecule has 0 spiro atoms. The number of nitrogens with one attached hydrogen (secondary N) is 1. The summed E-state index contributed by atoms with van der Waals surface area (Å²) in [5.41, 5.74) is 2.30. The summed E-state index contributed by atoms with van der Waals surface area (Å²) >= 11 is 0. The fourth-order valence-corrected chi connectivity index (χ4v) is 1.75. The van der Waals surface area contributed by atoms with Crippen molar-refractivity contribution in [1.82, 2.24) is 14.8 Å². The summed E-state index contributed by atoms with van der Waals surface area (Å²) in [6.07, 6.45) is 1.62. The van der Waals surface area contributed by atoms with E-state index in [0.29, 0.717) is 12.2 Å². The maximum absolute atomic E-state index is 11.9. The predicted molar refractivity (Wildman–Crippen MR) is 66.1 cm³/mol. The van der Waals surface area contributed by atoms with Gasteiger partial charge in [0.15, 0.2) is 5.58 Å². The number of likely N-dealkylation sites (N-methyl/N-ethyl adjacent to an activating group) is 1. The Morgan fingerprint density at radius 1 is 1.53 bits per heavy atom. The average Bonchev–Trinajstić information content (AvgIpc) is 2.81. The van der Waals surface area contributed by atoms with E-state index in [0.717, 1.165) is 17.6 Å². The van der Waals surface area contributed by atoms with E-state index in [1.807, 2.05) is 36.7 Å². The Morgan fingerprint density at radius 3 is 2.94 bits per heavy atom. The summed E-state index contributed by atoms with van der Waals surface area (Å²) in [7, 11) is 5.81. The van der Waals surface area contributed by atoms with Crippen LogP contribution in [-0.2, 0) is 7.05 Å². The second kappa shape index (κ2) is 4.63. The van der Waals surface area contributed by atoms with Crippen LogP contribution in [0.2, 0.25) is 0 Å². The molecule has 0 saturated heterocycles. The van der Waals surface area contributed by atoms with Gasteiger partial charge in [0, 0.05) is 32.3 Å². The Balaban J connectivity index is 2.08. The van der Waals surface area contributed by atoms with Gasteiger partial charge in [-0.05, 0) is 14.1 Å². The van der Waals surface area contributed by atoms with Gasteiger partial charge in [-0.2, -0.15) is 0 Å². The lowest BCUT2D eigenvalue weighted by Crippen LogP contribution is -2.32. The SMILES string of the molecule is CN(C)CCNC(=O)c1cc2occc2n1C. The Morgan fingerprint density at radius 2 is 2.29 bits per heavy atom. The molecule has 1 amide bonds. The molecule has 0 atom stereocenters. The highest BCUT2D eigenvalue weighted by Crippen LogP contribution is 2.19. The largest absolute Gasteiger partial charge is 0.463 e. The molecule has 17 heavy (non-hydrogen) atoms. The quantitative estimate of drug-likeness (QED) is 0.862. The molecule has 2 rings (SSSR count). The van der Waals surface area contributed by atoms with Crippen molar-refractivity contribution in [1.29, 1.82) is 0 Å². The van der Waals surface area contributed by atoms with Crippen LogP contribution in [0.25, 0.3) is 11.1 Å². The van der Waals surface area contributed by atoms with Gasteiger partial charge in [-0.3, -0.25) is 4.79 Å². The highest BCUT2D eigenvalue weighted by molar-refractivity contribution is 5.97.